The van der Waals surface area contributed by atoms with E-state index in [4.69, 9.17) is 9.47 Å². The van der Waals surface area contributed by atoms with Crippen LogP contribution in [-0.2, 0) is 57.4 Å². The minimum absolute atomic E-state index is 0.0957. The topological polar surface area (TPSA) is 326 Å². The Bertz CT molecular complexity index is 1820. The number of carbonyl (C=O) groups is 10. The number of ether oxygens (including phenoxy) is 2. The summed E-state index contributed by atoms with van der Waals surface area (Å²) in [6.45, 7) is 19.7. The summed E-state index contributed by atoms with van der Waals surface area (Å²) in [5.74, 6) is -11.3. The number of esters is 2. The Morgan fingerprint density at radius 3 is 0.904 bits per heavy atom. The highest BCUT2D eigenvalue weighted by Crippen LogP contribution is 2.48. The molecule has 1 saturated carbocycles. The first-order valence-electron chi connectivity index (χ1n) is 25.6. The molecule has 1 fully saturated rings. The Kier molecular flexibility index (Phi) is 26.0. The van der Waals surface area contributed by atoms with Crippen molar-refractivity contribution in [2.24, 2.45) is 59.2 Å². The summed E-state index contributed by atoms with van der Waals surface area (Å²) in [6.07, 6.45) is 4.58. The number of hydrogen-bond donors (Lipinski definition) is 10. The van der Waals surface area contributed by atoms with Crippen molar-refractivity contribution in [3.63, 3.8) is 0 Å². The zero-order chi connectivity index (χ0) is 55.6. The summed E-state index contributed by atoms with van der Waals surface area (Å²) in [5, 5.41) is 41.6. The molecule has 2 rings (SSSR count). The van der Waals surface area contributed by atoms with Crippen LogP contribution in [0.25, 0.3) is 0 Å². The van der Waals surface area contributed by atoms with E-state index in [1.54, 1.807) is 27.7 Å². The standard InChI is InChI=1S/C51H86N8O14/c1-24(2)17-32(42(62)56-36(22-60)46(66)52-34(19-26(5)6)44(64)58-40(28(9)10)50(70)72-13)54-48(68)38-30-15-16-31(21-30)39(38)49(69)55-33(18-25(3)4)43(63)57-37(23-61)47(67)53-35(20-27(7)8)45(65)59-41(29(11)12)51(71)73-14/h15-16,24-41,60-61H,17-23H2,1-14H3,(H,52,66)(H,53,67)(H,54,68)(H,55,69)(H,56,62)(H,57,63)(H,58,64)(H,59,65)/t30-,31+,32-,33-,34-,35-,36-,37-,38-,39+,40-,41-/m0/s1. The van der Waals surface area contributed by atoms with Gasteiger partial charge in [0, 0.05) is 0 Å². The molecule has 0 saturated heterocycles. The second kappa shape index (κ2) is 29.9. The van der Waals surface area contributed by atoms with Crippen molar-refractivity contribution in [1.29, 1.82) is 0 Å². The fourth-order valence-electron chi connectivity index (χ4n) is 9.12. The number of methoxy groups -OCH3 is 2. The molecule has 0 unspecified atom stereocenters. The highest BCUT2D eigenvalue weighted by Gasteiger charge is 2.52. The summed E-state index contributed by atoms with van der Waals surface area (Å²) < 4.78 is 9.66. The number of fused-ring (bicyclic) bond motifs is 2. The summed E-state index contributed by atoms with van der Waals surface area (Å²) in [6, 6.07) is -9.89. The molecule has 0 heterocycles. The van der Waals surface area contributed by atoms with E-state index in [9.17, 15) is 58.2 Å². The SMILES string of the molecule is COC(=O)[C@@H](NC(=O)[C@H](CC(C)C)NC(=O)[C@H](CO)NC(=O)[C@H](CC(C)C)NC(=O)[C@@H]1[C@H](C(=O)N[C@@H](CC(C)C)C(=O)N[C@@H](CO)C(=O)N[C@@H](CC(C)C)C(=O)N[C@H](C(=O)OC)C(C)C)[C@@H]2C=C[C@H]1C2)C(C)C. The van der Waals surface area contributed by atoms with E-state index in [-0.39, 0.29) is 61.2 Å². The number of amides is 8. The van der Waals surface area contributed by atoms with Crippen molar-refractivity contribution in [3.8, 4) is 0 Å². The minimum atomic E-state index is -1.55. The molecule has 12 atom stereocenters. The molecular weight excluding hydrogens is 949 g/mol. The van der Waals surface area contributed by atoms with E-state index in [0.29, 0.717) is 6.42 Å². The highest BCUT2D eigenvalue weighted by molar-refractivity contribution is 5.98. The van der Waals surface area contributed by atoms with E-state index in [0.717, 1.165) is 0 Å². The highest BCUT2D eigenvalue weighted by atomic mass is 16.5. The van der Waals surface area contributed by atoms with Gasteiger partial charge in [0.15, 0.2) is 0 Å². The van der Waals surface area contributed by atoms with E-state index < -0.39 is 144 Å². The fraction of sp³-hybridized carbons (Fsp3) is 0.765. The van der Waals surface area contributed by atoms with Crippen LogP contribution in [0.4, 0.5) is 0 Å². The predicted octanol–water partition coefficient (Wildman–Crippen LogP) is 0.130. The van der Waals surface area contributed by atoms with Crippen molar-refractivity contribution in [3.05, 3.63) is 12.2 Å². The lowest BCUT2D eigenvalue weighted by atomic mass is 9.81. The average Bonchev–Trinajstić information content (AvgIpc) is 3.93. The zero-order valence-corrected chi connectivity index (χ0v) is 45.3. The second-order valence-electron chi connectivity index (χ2n) is 21.8. The molecule has 414 valence electrons. The van der Waals surface area contributed by atoms with Crippen molar-refractivity contribution >= 4 is 59.2 Å². The molecule has 22 heteroatoms. The average molecular weight is 1040 g/mol. The van der Waals surface area contributed by atoms with Crippen LogP contribution >= 0.6 is 0 Å². The van der Waals surface area contributed by atoms with Gasteiger partial charge in [0.05, 0.1) is 39.3 Å². The largest absolute Gasteiger partial charge is 0.467 e. The van der Waals surface area contributed by atoms with Gasteiger partial charge in [-0.3, -0.25) is 38.4 Å². The molecular formula is C51H86N8O14. The normalized spacial score (nSPS) is 20.3. The van der Waals surface area contributed by atoms with Crippen LogP contribution in [0.15, 0.2) is 12.2 Å². The number of aliphatic hydroxyl groups excluding tert-OH is 2. The van der Waals surface area contributed by atoms with E-state index >= 15 is 0 Å². The first-order valence-corrected chi connectivity index (χ1v) is 25.6. The van der Waals surface area contributed by atoms with Crippen LogP contribution in [0.5, 0.6) is 0 Å². The summed E-state index contributed by atoms with van der Waals surface area (Å²) >= 11 is 0. The van der Waals surface area contributed by atoms with Gasteiger partial charge in [0.1, 0.15) is 48.3 Å². The lowest BCUT2D eigenvalue weighted by Gasteiger charge is -2.31. The van der Waals surface area contributed by atoms with Gasteiger partial charge in [-0.2, -0.15) is 0 Å². The van der Waals surface area contributed by atoms with Crippen molar-refractivity contribution in [1.82, 2.24) is 42.5 Å². The number of hydrogen-bond acceptors (Lipinski definition) is 14. The lowest BCUT2D eigenvalue weighted by Crippen LogP contribution is -2.60. The Labute approximate surface area is 430 Å². The molecule has 2 bridgehead atoms. The molecule has 8 amide bonds. The van der Waals surface area contributed by atoms with Crippen LogP contribution in [-0.4, -0.2) is 145 Å². The van der Waals surface area contributed by atoms with Gasteiger partial charge < -0.3 is 62.2 Å². The Hall–Kier alpha value is -5.64. The number of rotatable bonds is 30. The van der Waals surface area contributed by atoms with Crippen molar-refractivity contribution < 1.29 is 67.6 Å². The maximum absolute atomic E-state index is 14.4. The Morgan fingerprint density at radius 2 is 0.658 bits per heavy atom. The predicted molar refractivity (Wildman–Crippen MR) is 269 cm³/mol. The Morgan fingerprint density at radius 1 is 0.411 bits per heavy atom. The van der Waals surface area contributed by atoms with Crippen molar-refractivity contribution in [2.75, 3.05) is 27.4 Å². The maximum Gasteiger partial charge on any atom is 0.328 e. The molecule has 2 aliphatic carbocycles. The van der Waals surface area contributed by atoms with Crippen molar-refractivity contribution in [2.45, 2.75) is 164 Å². The van der Waals surface area contributed by atoms with Gasteiger partial charge in [0.2, 0.25) is 47.3 Å². The fourth-order valence-corrected chi connectivity index (χ4v) is 9.12. The molecule has 73 heavy (non-hydrogen) atoms. The third kappa shape index (κ3) is 19.3. The first kappa shape index (κ1) is 63.5. The zero-order valence-electron chi connectivity index (χ0n) is 45.3. The molecule has 0 radical (unpaired) electrons. The first-order chi connectivity index (χ1) is 34.1. The number of nitrogens with one attached hydrogen (secondary N) is 8. The van der Waals surface area contributed by atoms with Gasteiger partial charge in [-0.15, -0.1) is 0 Å². The van der Waals surface area contributed by atoms with Crippen LogP contribution in [0, 0.1) is 59.2 Å². The van der Waals surface area contributed by atoms with Crippen LogP contribution in [0.2, 0.25) is 0 Å². The number of allylic oxidation sites excluding steroid dienone is 2. The molecule has 10 N–H and O–H groups in total. The van der Waals surface area contributed by atoms with Crippen LogP contribution in [0.1, 0.15) is 115 Å². The molecule has 0 aromatic heterocycles. The smallest absolute Gasteiger partial charge is 0.328 e. The lowest BCUT2D eigenvalue weighted by molar-refractivity contribution is -0.147. The monoisotopic (exact) mass is 1030 g/mol. The minimum Gasteiger partial charge on any atom is -0.467 e. The van der Waals surface area contributed by atoms with E-state index in [1.165, 1.54) is 14.2 Å². The quantitative estimate of drug-likeness (QED) is 0.0338. The third-order valence-electron chi connectivity index (χ3n) is 12.9. The van der Waals surface area contributed by atoms with Gasteiger partial charge >= 0.3 is 11.9 Å². The molecule has 0 aromatic carbocycles. The summed E-state index contributed by atoms with van der Waals surface area (Å²) in [7, 11) is 2.38. The van der Waals surface area contributed by atoms with Gasteiger partial charge in [-0.05, 0) is 79.4 Å². The molecule has 22 nitrogen and oxygen atoms in total. The molecule has 0 spiro atoms. The van der Waals surface area contributed by atoms with Crippen LogP contribution < -0.4 is 42.5 Å². The number of aliphatic hydroxyl groups is 2. The van der Waals surface area contributed by atoms with Gasteiger partial charge in [-0.25, -0.2) is 9.59 Å². The summed E-state index contributed by atoms with van der Waals surface area (Å²) in [4.78, 5) is 135. The maximum atomic E-state index is 14.4. The van der Waals surface area contributed by atoms with E-state index in [1.807, 2.05) is 67.5 Å². The molecule has 0 aliphatic heterocycles. The van der Waals surface area contributed by atoms with Crippen LogP contribution in [0.3, 0.4) is 0 Å². The molecule has 0 aromatic rings. The van der Waals surface area contributed by atoms with E-state index in [2.05, 4.69) is 42.5 Å². The summed E-state index contributed by atoms with van der Waals surface area (Å²) in [5.41, 5.74) is 0. The van der Waals surface area contributed by atoms with Gasteiger partial charge in [-0.1, -0.05) is 95.2 Å². The molecule has 2 aliphatic rings. The third-order valence-corrected chi connectivity index (χ3v) is 12.9. The van der Waals surface area contributed by atoms with Gasteiger partial charge in [0.25, 0.3) is 0 Å². The second-order valence-corrected chi connectivity index (χ2v) is 21.8. The Balaban J connectivity index is 2.31. The number of carbonyl (C=O) groups excluding carboxylic acids is 10.